The van der Waals surface area contributed by atoms with Gasteiger partial charge < -0.3 is 21.7 Å². The molecule has 0 bridgehead atoms. The maximum atomic E-state index is 12.4. The first kappa shape index (κ1) is 20.5. The molecule has 6 nitrogen and oxygen atoms in total. The topological polar surface area (TPSA) is 96.2 Å². The summed E-state index contributed by atoms with van der Waals surface area (Å²) in [6.45, 7) is 1.98. The average Bonchev–Trinajstić information content (AvgIpc) is 3.39. The fourth-order valence-corrected chi connectivity index (χ4v) is 3.32. The van der Waals surface area contributed by atoms with E-state index < -0.39 is 0 Å². The van der Waals surface area contributed by atoms with E-state index in [9.17, 15) is 9.59 Å². The first-order valence-electron chi connectivity index (χ1n) is 9.24. The van der Waals surface area contributed by atoms with Crippen LogP contribution in [-0.4, -0.2) is 24.0 Å². The third-order valence-electron chi connectivity index (χ3n) is 5.03. The highest BCUT2D eigenvalue weighted by molar-refractivity contribution is 5.89. The third kappa shape index (κ3) is 5.88. The molecule has 2 fully saturated rings. The van der Waals surface area contributed by atoms with Gasteiger partial charge in [0, 0.05) is 23.7 Å². The van der Waals surface area contributed by atoms with Crippen molar-refractivity contribution < 1.29 is 9.59 Å². The lowest BCUT2D eigenvalue weighted by atomic mass is 9.85. The van der Waals surface area contributed by atoms with E-state index in [0.29, 0.717) is 6.04 Å². The van der Waals surface area contributed by atoms with Crippen LogP contribution in [0.3, 0.4) is 0 Å². The van der Waals surface area contributed by atoms with Crippen molar-refractivity contribution in [1.82, 2.24) is 10.6 Å². The Hall–Kier alpha value is -1.79. The van der Waals surface area contributed by atoms with Crippen LogP contribution in [0.15, 0.2) is 24.3 Å². The molecule has 2 aliphatic rings. The van der Waals surface area contributed by atoms with Gasteiger partial charge in [0.05, 0.1) is 6.04 Å². The van der Waals surface area contributed by atoms with E-state index in [1.807, 2.05) is 31.2 Å². The Labute approximate surface area is 161 Å². The molecule has 0 spiro atoms. The highest BCUT2D eigenvalue weighted by Crippen LogP contribution is 2.25. The highest BCUT2D eigenvalue weighted by Gasteiger charge is 2.26. The maximum absolute atomic E-state index is 12.4. The van der Waals surface area contributed by atoms with Gasteiger partial charge in [-0.15, -0.1) is 12.4 Å². The molecular weight excluding hydrogens is 352 g/mol. The normalized spacial score (nSPS) is 23.3. The van der Waals surface area contributed by atoms with Gasteiger partial charge in [0.2, 0.25) is 5.91 Å². The fraction of sp³-hybridized carbons (Fsp3) is 0.579. The van der Waals surface area contributed by atoms with E-state index in [4.69, 9.17) is 5.73 Å². The van der Waals surface area contributed by atoms with Crippen LogP contribution in [0.4, 0.5) is 10.5 Å². The van der Waals surface area contributed by atoms with Crippen molar-refractivity contribution in [2.45, 2.75) is 63.6 Å². The molecule has 144 valence electrons. The van der Waals surface area contributed by atoms with Crippen LogP contribution in [0.2, 0.25) is 0 Å². The van der Waals surface area contributed by atoms with Gasteiger partial charge in [-0.2, -0.15) is 0 Å². The molecule has 3 unspecified atom stereocenters. The summed E-state index contributed by atoms with van der Waals surface area (Å²) in [5, 5.41) is 8.80. The summed E-state index contributed by atoms with van der Waals surface area (Å²) in [4.78, 5) is 24.2. The summed E-state index contributed by atoms with van der Waals surface area (Å²) in [6.07, 6.45) is 5.87. The van der Waals surface area contributed by atoms with E-state index in [0.717, 1.165) is 49.8 Å². The van der Waals surface area contributed by atoms with Gasteiger partial charge in [-0.25, -0.2) is 4.79 Å². The van der Waals surface area contributed by atoms with Crippen LogP contribution in [0.25, 0.3) is 0 Å². The van der Waals surface area contributed by atoms with Crippen LogP contribution in [0.5, 0.6) is 0 Å². The lowest BCUT2D eigenvalue weighted by Crippen LogP contribution is -2.38. The molecule has 1 aromatic rings. The molecule has 26 heavy (non-hydrogen) atoms. The number of amides is 3. The largest absolute Gasteiger partial charge is 0.349 e. The number of carbonyl (C=O) groups excluding carboxylic acids is 2. The Morgan fingerprint density at radius 3 is 2.42 bits per heavy atom. The summed E-state index contributed by atoms with van der Waals surface area (Å²) in [5.41, 5.74) is 7.74. The lowest BCUT2D eigenvalue weighted by Gasteiger charge is -2.27. The number of halogens is 1. The number of carbonyl (C=O) groups is 2. The van der Waals surface area contributed by atoms with Crippen molar-refractivity contribution in [2.75, 3.05) is 5.32 Å². The molecule has 0 saturated heterocycles. The smallest absolute Gasteiger partial charge is 0.319 e. The first-order chi connectivity index (χ1) is 12.0. The van der Waals surface area contributed by atoms with Crippen molar-refractivity contribution >= 4 is 30.0 Å². The maximum Gasteiger partial charge on any atom is 0.319 e. The van der Waals surface area contributed by atoms with Gasteiger partial charge in [-0.3, -0.25) is 4.79 Å². The van der Waals surface area contributed by atoms with Crippen LogP contribution >= 0.6 is 12.4 Å². The zero-order chi connectivity index (χ0) is 17.8. The summed E-state index contributed by atoms with van der Waals surface area (Å²) in [5.74, 6) is 0.118. The van der Waals surface area contributed by atoms with Crippen LogP contribution < -0.4 is 21.7 Å². The number of hydrogen-bond donors (Lipinski definition) is 4. The molecule has 3 rings (SSSR count). The number of nitrogens with two attached hydrogens (primary N) is 1. The second kappa shape index (κ2) is 9.24. The van der Waals surface area contributed by atoms with Gasteiger partial charge in [-0.1, -0.05) is 18.6 Å². The minimum Gasteiger partial charge on any atom is -0.349 e. The average molecular weight is 381 g/mol. The van der Waals surface area contributed by atoms with Gasteiger partial charge in [0.1, 0.15) is 0 Å². The Morgan fingerprint density at radius 2 is 1.81 bits per heavy atom. The van der Waals surface area contributed by atoms with Gasteiger partial charge >= 0.3 is 6.03 Å². The Bertz CT molecular complexity index is 618. The molecule has 7 heteroatoms. The molecule has 0 radical (unpaired) electrons. The standard InChI is InChI=1S/C19H28N4O2.ClH/c1-12(21-18(24)14-3-2-4-15(20)11-14)13-5-7-16(8-6-13)22-19(25)23-17-9-10-17;/h5-8,12,14-15,17H,2-4,9-11,20H2,1H3,(H,21,24)(H2,22,23,25);1H. The number of benzene rings is 1. The van der Waals surface area contributed by atoms with E-state index >= 15 is 0 Å². The molecule has 0 aliphatic heterocycles. The van der Waals surface area contributed by atoms with Crippen LogP contribution in [-0.2, 0) is 4.79 Å². The minimum absolute atomic E-state index is 0. The Balaban J connectivity index is 0.00000243. The van der Waals surface area contributed by atoms with Gasteiger partial charge in [0.25, 0.3) is 0 Å². The zero-order valence-electron chi connectivity index (χ0n) is 15.2. The predicted octanol–water partition coefficient (Wildman–Crippen LogP) is 3.09. The fourth-order valence-electron chi connectivity index (χ4n) is 3.32. The third-order valence-corrected chi connectivity index (χ3v) is 5.03. The number of hydrogen-bond acceptors (Lipinski definition) is 3. The molecule has 3 atom stereocenters. The Morgan fingerprint density at radius 1 is 1.12 bits per heavy atom. The van der Waals surface area contributed by atoms with Crippen molar-refractivity contribution in [2.24, 2.45) is 11.7 Å². The predicted molar refractivity (Wildman–Crippen MR) is 105 cm³/mol. The van der Waals surface area contributed by atoms with Crippen molar-refractivity contribution in [3.05, 3.63) is 29.8 Å². The quantitative estimate of drug-likeness (QED) is 0.632. The molecule has 0 heterocycles. The molecule has 0 aromatic heterocycles. The SMILES string of the molecule is CC(NC(=O)C1CCCC(N)C1)c1ccc(NC(=O)NC2CC2)cc1.Cl. The molecule has 2 saturated carbocycles. The van der Waals surface area contributed by atoms with Gasteiger partial charge in [0.15, 0.2) is 0 Å². The molecule has 3 amide bonds. The van der Waals surface area contributed by atoms with Crippen LogP contribution in [0, 0.1) is 5.92 Å². The monoisotopic (exact) mass is 380 g/mol. The van der Waals surface area contributed by atoms with Crippen molar-refractivity contribution in [1.29, 1.82) is 0 Å². The van der Waals surface area contributed by atoms with E-state index in [1.165, 1.54) is 0 Å². The number of rotatable bonds is 5. The minimum atomic E-state index is -0.162. The van der Waals surface area contributed by atoms with Gasteiger partial charge in [-0.05, 0) is 56.7 Å². The van der Waals surface area contributed by atoms with E-state index in [1.54, 1.807) is 0 Å². The summed E-state index contributed by atoms with van der Waals surface area (Å²) < 4.78 is 0. The molecule has 2 aliphatic carbocycles. The highest BCUT2D eigenvalue weighted by atomic mass is 35.5. The summed E-state index contributed by atoms with van der Waals surface area (Å²) >= 11 is 0. The number of urea groups is 1. The zero-order valence-corrected chi connectivity index (χ0v) is 16.0. The summed E-state index contributed by atoms with van der Waals surface area (Å²) in [6, 6.07) is 7.84. The van der Waals surface area contributed by atoms with E-state index in [-0.39, 0.29) is 42.3 Å². The number of nitrogens with one attached hydrogen (secondary N) is 3. The molecule has 5 N–H and O–H groups in total. The van der Waals surface area contributed by atoms with Crippen molar-refractivity contribution in [3.8, 4) is 0 Å². The first-order valence-corrected chi connectivity index (χ1v) is 9.24. The van der Waals surface area contributed by atoms with E-state index in [2.05, 4.69) is 16.0 Å². The van der Waals surface area contributed by atoms with Crippen LogP contribution in [0.1, 0.15) is 57.1 Å². The molecular formula is C19H29ClN4O2. The second-order valence-electron chi connectivity index (χ2n) is 7.35. The number of anilines is 1. The Kier molecular flexibility index (Phi) is 7.29. The second-order valence-corrected chi connectivity index (χ2v) is 7.35. The molecule has 1 aromatic carbocycles. The van der Waals surface area contributed by atoms with Crippen molar-refractivity contribution in [3.63, 3.8) is 0 Å². The lowest BCUT2D eigenvalue weighted by molar-refractivity contribution is -0.126. The summed E-state index contributed by atoms with van der Waals surface area (Å²) in [7, 11) is 0.